The van der Waals surface area contributed by atoms with E-state index in [1.54, 1.807) is 0 Å². The number of hydrogen-bond donors (Lipinski definition) is 1. The van der Waals surface area contributed by atoms with E-state index in [1.807, 2.05) is 0 Å². The van der Waals surface area contributed by atoms with E-state index in [-0.39, 0.29) is 6.54 Å². The van der Waals surface area contributed by atoms with Crippen molar-refractivity contribution in [2.45, 2.75) is 12.7 Å². The second-order valence-corrected chi connectivity index (χ2v) is 4.20. The van der Waals surface area contributed by atoms with Crippen molar-refractivity contribution in [3.8, 4) is 10.7 Å². The van der Waals surface area contributed by atoms with Crippen LogP contribution >= 0.6 is 11.3 Å². The molecule has 0 unspecified atom stereocenters. The molecule has 2 N–H and O–H groups in total. The topological polar surface area (TPSA) is 64.7 Å². The summed E-state index contributed by atoms with van der Waals surface area (Å²) in [7, 11) is 0. The summed E-state index contributed by atoms with van der Waals surface area (Å²) in [5.74, 6) is 0. The third-order valence-electron chi connectivity index (χ3n) is 1.95. The molecular weight excluding hydrogens is 253 g/mol. The van der Waals surface area contributed by atoms with Crippen LogP contribution in [0.4, 0.5) is 13.2 Å². The molecule has 0 amide bonds. The van der Waals surface area contributed by atoms with Gasteiger partial charge in [0, 0.05) is 12.7 Å². The maximum Gasteiger partial charge on any atom is 0.417 e. The number of aromatic nitrogens is 3. The molecule has 0 aliphatic rings. The maximum atomic E-state index is 12.3. The minimum atomic E-state index is -4.38. The Labute approximate surface area is 98.3 Å². The summed E-state index contributed by atoms with van der Waals surface area (Å²) in [6.45, 7) is 0.248. The fourth-order valence-corrected chi connectivity index (χ4v) is 1.82. The zero-order chi connectivity index (χ0) is 12.5. The molecule has 17 heavy (non-hydrogen) atoms. The van der Waals surface area contributed by atoms with E-state index in [4.69, 9.17) is 5.73 Å². The Morgan fingerprint density at radius 3 is 2.47 bits per heavy atom. The number of pyridine rings is 1. The lowest BCUT2D eigenvalue weighted by Crippen LogP contribution is -2.05. The molecule has 0 aromatic carbocycles. The molecule has 0 fully saturated rings. The summed E-state index contributed by atoms with van der Waals surface area (Å²) >= 11 is 1.21. The number of halogens is 3. The highest BCUT2D eigenvalue weighted by molar-refractivity contribution is 7.14. The number of alkyl halides is 3. The molecule has 2 heterocycles. The molecule has 2 aromatic rings. The molecule has 90 valence electrons. The third kappa shape index (κ3) is 2.59. The van der Waals surface area contributed by atoms with Crippen LogP contribution in [0.2, 0.25) is 0 Å². The first-order chi connectivity index (χ1) is 8.00. The van der Waals surface area contributed by atoms with Gasteiger partial charge in [-0.3, -0.25) is 4.98 Å². The van der Waals surface area contributed by atoms with Crippen molar-refractivity contribution in [3.63, 3.8) is 0 Å². The Kier molecular flexibility index (Phi) is 3.07. The lowest BCUT2D eigenvalue weighted by Gasteiger charge is -2.05. The molecule has 0 bridgehead atoms. The lowest BCUT2D eigenvalue weighted by atomic mass is 10.2. The maximum absolute atomic E-state index is 12.3. The molecule has 0 atom stereocenters. The summed E-state index contributed by atoms with van der Waals surface area (Å²) < 4.78 is 36.9. The molecule has 8 heteroatoms. The average molecular weight is 260 g/mol. The molecule has 0 aliphatic heterocycles. The van der Waals surface area contributed by atoms with E-state index in [0.29, 0.717) is 15.7 Å². The van der Waals surface area contributed by atoms with Crippen LogP contribution in [-0.4, -0.2) is 15.2 Å². The van der Waals surface area contributed by atoms with Crippen molar-refractivity contribution in [3.05, 3.63) is 28.9 Å². The van der Waals surface area contributed by atoms with Gasteiger partial charge in [0.05, 0.1) is 5.56 Å². The molecule has 2 rings (SSSR count). The van der Waals surface area contributed by atoms with Gasteiger partial charge in [-0.25, -0.2) is 0 Å². The Morgan fingerprint density at radius 1 is 1.24 bits per heavy atom. The zero-order valence-corrected chi connectivity index (χ0v) is 9.22. The van der Waals surface area contributed by atoms with Crippen molar-refractivity contribution in [1.82, 2.24) is 15.2 Å². The standard InChI is InChI=1S/C9H7F3N4S/c10-9(11,12)5-1-2-6(14-4-5)8-16-15-7(3-13)17-8/h1-2,4H,3,13H2. The number of hydrogen-bond acceptors (Lipinski definition) is 5. The fourth-order valence-electron chi connectivity index (χ4n) is 1.13. The highest BCUT2D eigenvalue weighted by atomic mass is 32.1. The summed E-state index contributed by atoms with van der Waals surface area (Å²) in [5.41, 5.74) is 4.93. The minimum absolute atomic E-state index is 0.248. The molecule has 4 nitrogen and oxygen atoms in total. The Hall–Kier alpha value is -1.54. The summed E-state index contributed by atoms with van der Waals surface area (Å²) in [4.78, 5) is 3.71. The van der Waals surface area contributed by atoms with Gasteiger partial charge in [-0.1, -0.05) is 11.3 Å². The van der Waals surface area contributed by atoms with Gasteiger partial charge in [-0.15, -0.1) is 10.2 Å². The fraction of sp³-hybridized carbons (Fsp3) is 0.222. The molecule has 0 aliphatic carbocycles. The van der Waals surface area contributed by atoms with Gasteiger partial charge >= 0.3 is 6.18 Å². The second kappa shape index (κ2) is 4.38. The predicted octanol–water partition coefficient (Wildman–Crippen LogP) is 2.08. The number of rotatable bonds is 2. The van der Waals surface area contributed by atoms with Gasteiger partial charge in [0.15, 0.2) is 5.01 Å². The second-order valence-electron chi connectivity index (χ2n) is 3.13. The summed E-state index contributed by atoms with van der Waals surface area (Å²) in [6.07, 6.45) is -3.60. The van der Waals surface area contributed by atoms with Crippen LogP contribution in [0.25, 0.3) is 10.7 Å². The Balaban J connectivity index is 2.29. The smallest absolute Gasteiger partial charge is 0.324 e. The molecule has 0 radical (unpaired) electrons. The van der Waals surface area contributed by atoms with Crippen LogP contribution in [0.1, 0.15) is 10.6 Å². The lowest BCUT2D eigenvalue weighted by molar-refractivity contribution is -0.137. The Morgan fingerprint density at radius 2 is 2.00 bits per heavy atom. The van der Waals surface area contributed by atoms with Gasteiger partial charge in [0.1, 0.15) is 10.7 Å². The predicted molar refractivity (Wildman–Crippen MR) is 56.0 cm³/mol. The molecular formula is C9H7F3N4S. The van der Waals surface area contributed by atoms with E-state index in [1.165, 1.54) is 17.4 Å². The SMILES string of the molecule is NCc1nnc(-c2ccc(C(F)(F)F)cn2)s1. The van der Waals surface area contributed by atoms with E-state index in [2.05, 4.69) is 15.2 Å². The normalized spacial score (nSPS) is 11.8. The van der Waals surface area contributed by atoms with Crippen LogP contribution in [-0.2, 0) is 12.7 Å². The Bertz CT molecular complexity index is 506. The van der Waals surface area contributed by atoms with Crippen LogP contribution in [0, 0.1) is 0 Å². The van der Waals surface area contributed by atoms with Crippen LogP contribution in [0.5, 0.6) is 0 Å². The third-order valence-corrected chi connectivity index (χ3v) is 2.92. The van der Waals surface area contributed by atoms with Gasteiger partial charge in [-0.2, -0.15) is 13.2 Å². The van der Waals surface area contributed by atoms with Gasteiger partial charge in [0.25, 0.3) is 0 Å². The van der Waals surface area contributed by atoms with E-state index in [9.17, 15) is 13.2 Å². The number of nitrogens with zero attached hydrogens (tertiary/aromatic N) is 3. The van der Waals surface area contributed by atoms with Crippen LogP contribution in [0.3, 0.4) is 0 Å². The monoisotopic (exact) mass is 260 g/mol. The first kappa shape index (κ1) is 11.9. The highest BCUT2D eigenvalue weighted by Crippen LogP contribution is 2.30. The first-order valence-electron chi connectivity index (χ1n) is 4.57. The summed E-state index contributed by atoms with van der Waals surface area (Å²) in [6, 6.07) is 2.23. The molecule has 0 saturated heterocycles. The summed E-state index contributed by atoms with van der Waals surface area (Å²) in [5, 5.41) is 8.63. The van der Waals surface area contributed by atoms with E-state index < -0.39 is 11.7 Å². The molecule has 0 saturated carbocycles. The van der Waals surface area contributed by atoms with E-state index in [0.717, 1.165) is 12.3 Å². The zero-order valence-electron chi connectivity index (χ0n) is 8.40. The first-order valence-corrected chi connectivity index (χ1v) is 5.38. The minimum Gasteiger partial charge on any atom is -0.324 e. The van der Waals surface area contributed by atoms with Gasteiger partial charge in [-0.05, 0) is 12.1 Å². The quantitative estimate of drug-likeness (QED) is 0.897. The molecule has 0 spiro atoms. The van der Waals surface area contributed by atoms with Gasteiger partial charge in [0.2, 0.25) is 0 Å². The van der Waals surface area contributed by atoms with Crippen molar-refractivity contribution in [2.24, 2.45) is 5.73 Å². The van der Waals surface area contributed by atoms with Crippen LogP contribution < -0.4 is 5.73 Å². The van der Waals surface area contributed by atoms with Crippen molar-refractivity contribution < 1.29 is 13.2 Å². The van der Waals surface area contributed by atoms with Gasteiger partial charge < -0.3 is 5.73 Å². The highest BCUT2D eigenvalue weighted by Gasteiger charge is 2.30. The average Bonchev–Trinajstić information content (AvgIpc) is 2.76. The number of nitrogens with two attached hydrogens (primary N) is 1. The van der Waals surface area contributed by atoms with Crippen molar-refractivity contribution in [1.29, 1.82) is 0 Å². The van der Waals surface area contributed by atoms with Crippen LogP contribution in [0.15, 0.2) is 18.3 Å². The molecule has 2 aromatic heterocycles. The van der Waals surface area contributed by atoms with Crippen molar-refractivity contribution >= 4 is 11.3 Å². The van der Waals surface area contributed by atoms with E-state index >= 15 is 0 Å². The largest absolute Gasteiger partial charge is 0.417 e. The van der Waals surface area contributed by atoms with Crippen molar-refractivity contribution in [2.75, 3.05) is 0 Å².